The standard InChI is InChI=1S/C14H30N2O2/c1-6-12(4)18-10-8-7-9-14(5,13(15)17)16-11(2)3/h11-12,16H,6-10H2,1-5H3,(H2,15,17). The summed E-state index contributed by atoms with van der Waals surface area (Å²) in [5, 5.41) is 3.25. The maximum Gasteiger partial charge on any atom is 0.237 e. The van der Waals surface area contributed by atoms with Crippen LogP contribution in [0.15, 0.2) is 0 Å². The Bertz CT molecular complexity index is 244. The van der Waals surface area contributed by atoms with Crippen LogP contribution in [0.2, 0.25) is 0 Å². The number of primary amides is 1. The van der Waals surface area contributed by atoms with Crippen molar-refractivity contribution in [2.45, 2.75) is 78.0 Å². The molecule has 0 aliphatic heterocycles. The molecule has 2 unspecified atom stereocenters. The third kappa shape index (κ3) is 6.97. The van der Waals surface area contributed by atoms with Crippen molar-refractivity contribution in [3.63, 3.8) is 0 Å². The minimum absolute atomic E-state index is 0.249. The topological polar surface area (TPSA) is 64.3 Å². The molecule has 4 heteroatoms. The largest absolute Gasteiger partial charge is 0.379 e. The normalized spacial score (nSPS) is 16.6. The summed E-state index contributed by atoms with van der Waals surface area (Å²) < 4.78 is 5.61. The lowest BCUT2D eigenvalue weighted by molar-refractivity contribution is -0.124. The molecule has 0 radical (unpaired) electrons. The van der Waals surface area contributed by atoms with Crippen molar-refractivity contribution in [1.82, 2.24) is 5.32 Å². The van der Waals surface area contributed by atoms with Gasteiger partial charge in [0, 0.05) is 12.6 Å². The van der Waals surface area contributed by atoms with E-state index in [2.05, 4.69) is 19.2 Å². The first-order valence-electron chi connectivity index (χ1n) is 7.01. The molecule has 0 rings (SSSR count). The summed E-state index contributed by atoms with van der Waals surface area (Å²) in [5.74, 6) is -0.279. The summed E-state index contributed by atoms with van der Waals surface area (Å²) in [6, 6.07) is 0.249. The van der Waals surface area contributed by atoms with Crippen LogP contribution in [0.5, 0.6) is 0 Å². The van der Waals surface area contributed by atoms with Crippen molar-refractivity contribution in [3.8, 4) is 0 Å². The predicted octanol–water partition coefficient (Wildman–Crippen LogP) is 2.21. The van der Waals surface area contributed by atoms with Gasteiger partial charge in [0.15, 0.2) is 0 Å². The zero-order valence-corrected chi connectivity index (χ0v) is 12.6. The number of nitrogens with one attached hydrogen (secondary N) is 1. The molecule has 108 valence electrons. The number of rotatable bonds is 10. The summed E-state index contributed by atoms with van der Waals surface area (Å²) in [7, 11) is 0. The second-order valence-corrected chi connectivity index (χ2v) is 5.54. The average molecular weight is 258 g/mol. The molecule has 1 amide bonds. The molecule has 4 nitrogen and oxygen atoms in total. The molecule has 3 N–H and O–H groups in total. The predicted molar refractivity (Wildman–Crippen MR) is 75.4 cm³/mol. The van der Waals surface area contributed by atoms with Crippen LogP contribution in [0.25, 0.3) is 0 Å². The van der Waals surface area contributed by atoms with E-state index in [4.69, 9.17) is 10.5 Å². The van der Waals surface area contributed by atoms with Crippen LogP contribution in [-0.2, 0) is 9.53 Å². The molecule has 18 heavy (non-hydrogen) atoms. The lowest BCUT2D eigenvalue weighted by Gasteiger charge is -2.29. The van der Waals surface area contributed by atoms with Gasteiger partial charge in [0.1, 0.15) is 0 Å². The van der Waals surface area contributed by atoms with Crippen LogP contribution in [0.1, 0.15) is 60.3 Å². The fraction of sp³-hybridized carbons (Fsp3) is 0.929. The Hall–Kier alpha value is -0.610. The summed E-state index contributed by atoms with van der Waals surface area (Å²) in [5.41, 5.74) is 4.86. The van der Waals surface area contributed by atoms with Crippen LogP contribution in [-0.4, -0.2) is 30.2 Å². The van der Waals surface area contributed by atoms with Crippen molar-refractivity contribution in [2.24, 2.45) is 5.73 Å². The molecule has 0 fully saturated rings. The van der Waals surface area contributed by atoms with E-state index in [0.29, 0.717) is 6.10 Å². The molecule has 0 saturated heterocycles. The van der Waals surface area contributed by atoms with Crippen molar-refractivity contribution in [3.05, 3.63) is 0 Å². The SMILES string of the molecule is CCC(C)OCCCCC(C)(NC(C)C)C(N)=O. The number of carbonyl (C=O) groups is 1. The third-order valence-corrected chi connectivity index (χ3v) is 3.20. The van der Waals surface area contributed by atoms with Gasteiger partial charge in [-0.15, -0.1) is 0 Å². The lowest BCUT2D eigenvalue weighted by Crippen LogP contribution is -2.55. The number of amides is 1. The molecule has 0 aliphatic rings. The number of nitrogens with two attached hydrogens (primary N) is 1. The average Bonchev–Trinajstić information content (AvgIpc) is 2.27. The van der Waals surface area contributed by atoms with Gasteiger partial charge in [0.25, 0.3) is 0 Å². The van der Waals surface area contributed by atoms with Crippen molar-refractivity contribution in [1.29, 1.82) is 0 Å². The van der Waals surface area contributed by atoms with Gasteiger partial charge >= 0.3 is 0 Å². The molecule has 0 aliphatic carbocycles. The first kappa shape index (κ1) is 17.4. The number of unbranched alkanes of at least 4 members (excludes halogenated alkanes) is 1. The van der Waals surface area contributed by atoms with Crippen LogP contribution in [0.4, 0.5) is 0 Å². The molecule has 2 atom stereocenters. The van der Waals surface area contributed by atoms with E-state index in [9.17, 15) is 4.79 Å². The zero-order chi connectivity index (χ0) is 14.2. The molecule has 0 spiro atoms. The monoisotopic (exact) mass is 258 g/mol. The van der Waals surface area contributed by atoms with Gasteiger partial charge in [-0.2, -0.15) is 0 Å². The van der Waals surface area contributed by atoms with Gasteiger partial charge in [-0.1, -0.05) is 6.92 Å². The van der Waals surface area contributed by atoms with Gasteiger partial charge in [-0.3, -0.25) is 4.79 Å². The van der Waals surface area contributed by atoms with E-state index < -0.39 is 5.54 Å². The Morgan fingerprint density at radius 3 is 2.39 bits per heavy atom. The fourth-order valence-electron chi connectivity index (χ4n) is 1.89. The summed E-state index contributed by atoms with van der Waals surface area (Å²) in [4.78, 5) is 11.5. The van der Waals surface area contributed by atoms with Gasteiger partial charge < -0.3 is 15.8 Å². The van der Waals surface area contributed by atoms with Crippen LogP contribution in [0.3, 0.4) is 0 Å². The van der Waals surface area contributed by atoms with E-state index in [1.807, 2.05) is 20.8 Å². The third-order valence-electron chi connectivity index (χ3n) is 3.20. The number of ether oxygens (including phenoxy) is 1. The highest BCUT2D eigenvalue weighted by molar-refractivity contribution is 5.84. The maximum atomic E-state index is 11.5. The number of hydrogen-bond donors (Lipinski definition) is 2. The second kappa shape index (κ2) is 8.48. The number of carbonyl (C=O) groups excluding carboxylic acids is 1. The Labute approximate surface area is 112 Å². The molecule has 0 aromatic rings. The minimum atomic E-state index is -0.607. The molecular weight excluding hydrogens is 228 g/mol. The first-order chi connectivity index (χ1) is 8.31. The van der Waals surface area contributed by atoms with Crippen molar-refractivity contribution < 1.29 is 9.53 Å². The zero-order valence-electron chi connectivity index (χ0n) is 12.6. The highest BCUT2D eigenvalue weighted by Gasteiger charge is 2.30. The quantitative estimate of drug-likeness (QED) is 0.591. The smallest absolute Gasteiger partial charge is 0.237 e. The molecule has 0 aromatic carbocycles. The Balaban J connectivity index is 3.95. The molecule has 0 saturated carbocycles. The van der Waals surface area contributed by atoms with Gasteiger partial charge in [-0.25, -0.2) is 0 Å². The van der Waals surface area contributed by atoms with Gasteiger partial charge in [-0.05, 0) is 53.4 Å². The van der Waals surface area contributed by atoms with Gasteiger partial charge in [0.2, 0.25) is 5.91 Å². The Morgan fingerprint density at radius 2 is 1.94 bits per heavy atom. The number of hydrogen-bond acceptors (Lipinski definition) is 3. The first-order valence-corrected chi connectivity index (χ1v) is 7.01. The Morgan fingerprint density at radius 1 is 1.33 bits per heavy atom. The second-order valence-electron chi connectivity index (χ2n) is 5.54. The molecular formula is C14H30N2O2. The van der Waals surface area contributed by atoms with E-state index in [-0.39, 0.29) is 11.9 Å². The molecule has 0 bridgehead atoms. The van der Waals surface area contributed by atoms with Crippen LogP contribution < -0.4 is 11.1 Å². The highest BCUT2D eigenvalue weighted by atomic mass is 16.5. The van der Waals surface area contributed by atoms with Crippen molar-refractivity contribution in [2.75, 3.05) is 6.61 Å². The van der Waals surface area contributed by atoms with Crippen molar-refractivity contribution >= 4 is 5.91 Å². The van der Waals surface area contributed by atoms with Gasteiger partial charge in [0.05, 0.1) is 11.6 Å². The Kier molecular flexibility index (Phi) is 8.20. The summed E-state index contributed by atoms with van der Waals surface area (Å²) in [6.45, 7) is 10.9. The summed E-state index contributed by atoms with van der Waals surface area (Å²) in [6.07, 6.45) is 4.02. The molecule has 0 heterocycles. The molecule has 0 aromatic heterocycles. The lowest BCUT2D eigenvalue weighted by atomic mass is 9.93. The van der Waals surface area contributed by atoms with E-state index in [0.717, 1.165) is 32.3 Å². The minimum Gasteiger partial charge on any atom is -0.379 e. The fourth-order valence-corrected chi connectivity index (χ4v) is 1.89. The van der Waals surface area contributed by atoms with E-state index in [1.165, 1.54) is 0 Å². The highest BCUT2D eigenvalue weighted by Crippen LogP contribution is 2.15. The summed E-state index contributed by atoms with van der Waals surface area (Å²) >= 11 is 0. The van der Waals surface area contributed by atoms with E-state index in [1.54, 1.807) is 0 Å². The van der Waals surface area contributed by atoms with Crippen LogP contribution in [0, 0.1) is 0 Å². The maximum absolute atomic E-state index is 11.5. The van der Waals surface area contributed by atoms with E-state index >= 15 is 0 Å². The van der Waals surface area contributed by atoms with Crippen LogP contribution >= 0.6 is 0 Å².